The molecule has 1 aromatic carbocycles. The molecule has 0 aliphatic carbocycles. The van der Waals surface area contributed by atoms with E-state index in [0.29, 0.717) is 12.1 Å². The van der Waals surface area contributed by atoms with E-state index in [9.17, 15) is 9.90 Å². The highest BCUT2D eigenvalue weighted by Gasteiger charge is 2.21. The molecule has 16 heavy (non-hydrogen) atoms. The average Bonchev–Trinajstić information content (AvgIpc) is 2.60. The maximum atomic E-state index is 10.8. The van der Waals surface area contributed by atoms with Gasteiger partial charge in [0, 0.05) is 18.8 Å². The predicted molar refractivity (Wildman–Crippen MR) is 61.0 cm³/mol. The standard InChI is InChI=1S/C12H15NO3/c1-8(14)7-13-5-4-9-6-10(12(15)16)2-3-11(9)13/h2-3,6,8,14H,4-5,7H2,1H3,(H,15,16). The van der Waals surface area contributed by atoms with Gasteiger partial charge >= 0.3 is 5.97 Å². The van der Waals surface area contributed by atoms with Gasteiger partial charge in [-0.15, -0.1) is 0 Å². The van der Waals surface area contributed by atoms with E-state index in [4.69, 9.17) is 5.11 Å². The number of carboxylic acids is 1. The number of anilines is 1. The summed E-state index contributed by atoms with van der Waals surface area (Å²) in [5, 5.41) is 18.2. The molecule has 0 saturated carbocycles. The third-order valence-corrected chi connectivity index (χ3v) is 2.80. The van der Waals surface area contributed by atoms with Crippen LogP contribution >= 0.6 is 0 Å². The van der Waals surface area contributed by atoms with Gasteiger partial charge in [0.05, 0.1) is 11.7 Å². The van der Waals surface area contributed by atoms with Crippen molar-refractivity contribution >= 4 is 11.7 Å². The lowest BCUT2D eigenvalue weighted by atomic mass is 10.1. The lowest BCUT2D eigenvalue weighted by Gasteiger charge is -2.20. The fourth-order valence-electron chi connectivity index (χ4n) is 2.11. The number of aliphatic hydroxyl groups is 1. The molecule has 1 aliphatic rings. The van der Waals surface area contributed by atoms with Gasteiger partial charge in [-0.2, -0.15) is 0 Å². The molecule has 4 nitrogen and oxygen atoms in total. The first-order valence-corrected chi connectivity index (χ1v) is 5.37. The highest BCUT2D eigenvalue weighted by molar-refractivity contribution is 5.88. The van der Waals surface area contributed by atoms with Crippen LogP contribution in [0.25, 0.3) is 0 Å². The van der Waals surface area contributed by atoms with Crippen molar-refractivity contribution < 1.29 is 15.0 Å². The fraction of sp³-hybridized carbons (Fsp3) is 0.417. The Bertz CT molecular complexity index is 415. The van der Waals surface area contributed by atoms with Crippen molar-refractivity contribution in [1.82, 2.24) is 0 Å². The summed E-state index contributed by atoms with van der Waals surface area (Å²) in [5.74, 6) is -0.892. The molecule has 0 spiro atoms. The second-order valence-corrected chi connectivity index (χ2v) is 4.19. The van der Waals surface area contributed by atoms with Crippen molar-refractivity contribution in [2.24, 2.45) is 0 Å². The first-order chi connectivity index (χ1) is 7.58. The van der Waals surface area contributed by atoms with E-state index < -0.39 is 5.97 Å². The topological polar surface area (TPSA) is 60.8 Å². The summed E-state index contributed by atoms with van der Waals surface area (Å²) in [5.41, 5.74) is 2.43. The first kappa shape index (κ1) is 11.0. The van der Waals surface area contributed by atoms with Crippen LogP contribution in [-0.2, 0) is 6.42 Å². The van der Waals surface area contributed by atoms with Crippen LogP contribution in [0.3, 0.4) is 0 Å². The smallest absolute Gasteiger partial charge is 0.335 e. The molecule has 0 bridgehead atoms. The summed E-state index contributed by atoms with van der Waals surface area (Å²) in [7, 11) is 0. The van der Waals surface area contributed by atoms with Crippen LogP contribution in [0.5, 0.6) is 0 Å². The third-order valence-electron chi connectivity index (χ3n) is 2.80. The molecule has 0 fully saturated rings. The number of nitrogens with zero attached hydrogens (tertiary/aromatic N) is 1. The number of hydrogen-bond donors (Lipinski definition) is 2. The molecule has 0 amide bonds. The van der Waals surface area contributed by atoms with E-state index in [1.165, 1.54) is 0 Å². The Balaban J connectivity index is 2.25. The predicted octanol–water partition coefficient (Wildman–Crippen LogP) is 1.13. The highest BCUT2D eigenvalue weighted by Crippen LogP contribution is 2.28. The first-order valence-electron chi connectivity index (χ1n) is 5.37. The minimum Gasteiger partial charge on any atom is -0.478 e. The number of carboxylic acid groups (broad SMARTS) is 1. The quantitative estimate of drug-likeness (QED) is 0.803. The van der Waals surface area contributed by atoms with Crippen molar-refractivity contribution in [3.8, 4) is 0 Å². The Labute approximate surface area is 94.1 Å². The number of aromatic carboxylic acids is 1. The zero-order chi connectivity index (χ0) is 11.7. The molecule has 1 aromatic rings. The van der Waals surface area contributed by atoms with Gasteiger partial charge in [0.1, 0.15) is 0 Å². The van der Waals surface area contributed by atoms with Gasteiger partial charge in [-0.1, -0.05) is 0 Å². The normalized spacial score (nSPS) is 16.0. The molecule has 1 unspecified atom stereocenters. The number of aliphatic hydroxyl groups excluding tert-OH is 1. The molecule has 1 atom stereocenters. The van der Waals surface area contributed by atoms with E-state index >= 15 is 0 Å². The van der Waals surface area contributed by atoms with E-state index in [2.05, 4.69) is 4.90 Å². The molecule has 0 saturated heterocycles. The monoisotopic (exact) mass is 221 g/mol. The Morgan fingerprint density at radius 1 is 1.56 bits per heavy atom. The molecule has 1 aliphatic heterocycles. The van der Waals surface area contributed by atoms with Gasteiger partial charge in [-0.25, -0.2) is 4.79 Å². The lowest BCUT2D eigenvalue weighted by Crippen LogP contribution is -2.29. The van der Waals surface area contributed by atoms with E-state index in [-0.39, 0.29) is 6.10 Å². The number of hydrogen-bond acceptors (Lipinski definition) is 3. The molecule has 1 heterocycles. The molecule has 2 N–H and O–H groups in total. The summed E-state index contributed by atoms with van der Waals surface area (Å²) in [6.45, 7) is 3.20. The van der Waals surface area contributed by atoms with Gasteiger partial charge in [-0.05, 0) is 37.1 Å². The number of fused-ring (bicyclic) bond motifs is 1. The van der Waals surface area contributed by atoms with E-state index in [0.717, 1.165) is 24.2 Å². The van der Waals surface area contributed by atoms with Crippen LogP contribution in [0.1, 0.15) is 22.8 Å². The number of benzene rings is 1. The largest absolute Gasteiger partial charge is 0.478 e. The average molecular weight is 221 g/mol. The lowest BCUT2D eigenvalue weighted by molar-refractivity contribution is 0.0697. The Morgan fingerprint density at radius 3 is 2.94 bits per heavy atom. The van der Waals surface area contributed by atoms with Crippen molar-refractivity contribution in [1.29, 1.82) is 0 Å². The maximum Gasteiger partial charge on any atom is 0.335 e. The molecular weight excluding hydrogens is 206 g/mol. The van der Waals surface area contributed by atoms with Crippen molar-refractivity contribution in [3.05, 3.63) is 29.3 Å². The molecule has 4 heteroatoms. The number of carbonyl (C=O) groups is 1. The van der Waals surface area contributed by atoms with Gasteiger partial charge < -0.3 is 15.1 Å². The fourth-order valence-corrected chi connectivity index (χ4v) is 2.11. The molecular formula is C12H15NO3. The number of β-amino-alcohol motifs (C(OH)–C–C–N with tert-alkyl or cyclic N) is 1. The van der Waals surface area contributed by atoms with Gasteiger partial charge in [0.2, 0.25) is 0 Å². The Kier molecular flexibility index (Phi) is 2.83. The van der Waals surface area contributed by atoms with Crippen molar-refractivity contribution in [3.63, 3.8) is 0 Å². The van der Waals surface area contributed by atoms with Gasteiger partial charge in [0.25, 0.3) is 0 Å². The van der Waals surface area contributed by atoms with Crippen LogP contribution in [0.15, 0.2) is 18.2 Å². The van der Waals surface area contributed by atoms with Crippen LogP contribution in [0.4, 0.5) is 5.69 Å². The van der Waals surface area contributed by atoms with E-state index in [1.807, 2.05) is 6.07 Å². The summed E-state index contributed by atoms with van der Waals surface area (Å²) < 4.78 is 0. The van der Waals surface area contributed by atoms with Crippen LogP contribution in [0, 0.1) is 0 Å². The minimum absolute atomic E-state index is 0.331. The summed E-state index contributed by atoms with van der Waals surface area (Å²) in [4.78, 5) is 12.9. The third kappa shape index (κ3) is 2.02. The SMILES string of the molecule is CC(O)CN1CCc2cc(C(=O)O)ccc21. The van der Waals surface area contributed by atoms with Crippen LogP contribution < -0.4 is 4.90 Å². The van der Waals surface area contributed by atoms with Gasteiger partial charge in [0.15, 0.2) is 0 Å². The zero-order valence-corrected chi connectivity index (χ0v) is 9.18. The molecule has 86 valence electrons. The maximum absolute atomic E-state index is 10.8. The molecule has 2 rings (SSSR count). The molecule has 0 aromatic heterocycles. The van der Waals surface area contributed by atoms with Crippen molar-refractivity contribution in [2.45, 2.75) is 19.4 Å². The summed E-state index contributed by atoms with van der Waals surface area (Å²) >= 11 is 0. The van der Waals surface area contributed by atoms with Crippen LogP contribution in [0.2, 0.25) is 0 Å². The number of rotatable bonds is 3. The Morgan fingerprint density at radius 2 is 2.31 bits per heavy atom. The highest BCUT2D eigenvalue weighted by atomic mass is 16.4. The summed E-state index contributed by atoms with van der Waals surface area (Å²) in [6.07, 6.45) is 0.480. The zero-order valence-electron chi connectivity index (χ0n) is 9.18. The second kappa shape index (κ2) is 4.14. The Hall–Kier alpha value is -1.55. The van der Waals surface area contributed by atoms with Gasteiger partial charge in [-0.3, -0.25) is 0 Å². The second-order valence-electron chi connectivity index (χ2n) is 4.19. The minimum atomic E-state index is -0.892. The summed E-state index contributed by atoms with van der Waals surface area (Å²) in [6, 6.07) is 5.16. The molecule has 0 radical (unpaired) electrons. The van der Waals surface area contributed by atoms with Crippen molar-refractivity contribution in [2.75, 3.05) is 18.0 Å². The van der Waals surface area contributed by atoms with Crippen LogP contribution in [-0.4, -0.2) is 35.4 Å². The van der Waals surface area contributed by atoms with E-state index in [1.54, 1.807) is 19.1 Å².